The number of alkyl halides is 3. The largest absolute Gasteiger partial charge is 0.480 e. The van der Waals surface area contributed by atoms with E-state index in [0.29, 0.717) is 52.2 Å². The van der Waals surface area contributed by atoms with E-state index in [2.05, 4.69) is 35.2 Å². The van der Waals surface area contributed by atoms with Crippen LogP contribution in [0.5, 0.6) is 11.8 Å². The third-order valence-corrected chi connectivity index (χ3v) is 6.66. The van der Waals surface area contributed by atoms with Crippen molar-refractivity contribution in [2.75, 3.05) is 19.5 Å². The fraction of sp³-hybridized carbons (Fsp3) is 0.296. The summed E-state index contributed by atoms with van der Waals surface area (Å²) < 4.78 is 51.5. The highest BCUT2D eigenvalue weighted by Crippen LogP contribution is 2.45. The van der Waals surface area contributed by atoms with Gasteiger partial charge in [-0.15, -0.1) is 0 Å². The number of imidazole rings is 1. The normalized spacial score (nSPS) is 13.4. The van der Waals surface area contributed by atoms with Crippen LogP contribution < -0.4 is 14.8 Å². The molecule has 1 fully saturated rings. The molecule has 210 valence electrons. The summed E-state index contributed by atoms with van der Waals surface area (Å²) in [4.78, 5) is 30.9. The zero-order valence-corrected chi connectivity index (χ0v) is 22.3. The van der Waals surface area contributed by atoms with E-state index in [4.69, 9.17) is 14.5 Å². The Bertz CT molecular complexity index is 1740. The van der Waals surface area contributed by atoms with Gasteiger partial charge in [-0.3, -0.25) is 0 Å². The molecular weight excluding hydrogens is 539 g/mol. The van der Waals surface area contributed by atoms with Gasteiger partial charge in [0.2, 0.25) is 11.8 Å². The Morgan fingerprint density at radius 3 is 2.41 bits per heavy atom. The van der Waals surface area contributed by atoms with E-state index in [9.17, 15) is 13.2 Å². The third-order valence-electron chi connectivity index (χ3n) is 6.66. The van der Waals surface area contributed by atoms with Gasteiger partial charge in [-0.05, 0) is 18.4 Å². The predicted molar refractivity (Wildman–Crippen MR) is 142 cm³/mol. The number of nitrogens with zero attached hydrogens (tertiary/aromatic N) is 8. The minimum absolute atomic E-state index is 0.219. The standard InChI is InChI=1S/C27H24F3N9O2/c1-39-12-17(27(28,29)30)35-25(39)16-6-4-14(5-7-16)10-31-23-21-24(32-11-18(36-21)40-2)38-22(37-23)19-20(15-8-9-15)33-13-34-26(19)41-3/h4-7,11-13,15H,8-10H2,1-3H3,(H,31,32,37,38). The lowest BCUT2D eigenvalue weighted by atomic mass is 10.1. The Morgan fingerprint density at radius 2 is 1.76 bits per heavy atom. The number of benzene rings is 1. The average molecular weight is 564 g/mol. The van der Waals surface area contributed by atoms with Crippen LogP contribution in [-0.2, 0) is 19.8 Å². The summed E-state index contributed by atoms with van der Waals surface area (Å²) >= 11 is 0. The molecule has 1 aliphatic rings. The molecule has 0 aliphatic heterocycles. The predicted octanol–water partition coefficient (Wildman–Crippen LogP) is 4.80. The quantitative estimate of drug-likeness (QED) is 0.281. The number of halogens is 3. The van der Waals surface area contributed by atoms with Crippen molar-refractivity contribution < 1.29 is 22.6 Å². The molecule has 0 atom stereocenters. The maximum atomic E-state index is 13.1. The molecule has 14 heteroatoms. The number of fused-ring (bicyclic) bond motifs is 1. The molecule has 0 radical (unpaired) electrons. The number of aromatic nitrogens is 8. The summed E-state index contributed by atoms with van der Waals surface area (Å²) in [5.41, 5.74) is 2.65. The number of nitrogens with one attached hydrogen (secondary N) is 1. The molecule has 0 spiro atoms. The first-order valence-corrected chi connectivity index (χ1v) is 12.7. The van der Waals surface area contributed by atoms with Crippen LogP contribution in [0, 0.1) is 0 Å². The van der Waals surface area contributed by atoms with Crippen molar-refractivity contribution in [2.24, 2.45) is 7.05 Å². The van der Waals surface area contributed by atoms with Gasteiger partial charge < -0.3 is 19.4 Å². The van der Waals surface area contributed by atoms with Crippen molar-refractivity contribution in [1.82, 2.24) is 39.5 Å². The third kappa shape index (κ3) is 5.19. The highest BCUT2D eigenvalue weighted by atomic mass is 19.4. The average Bonchev–Trinajstić information content (AvgIpc) is 3.75. The molecular formula is C27H24F3N9O2. The van der Waals surface area contributed by atoms with Gasteiger partial charge in [0.15, 0.2) is 28.5 Å². The molecule has 1 aromatic carbocycles. The van der Waals surface area contributed by atoms with E-state index in [0.717, 1.165) is 30.3 Å². The van der Waals surface area contributed by atoms with E-state index in [1.54, 1.807) is 24.3 Å². The Hall–Kier alpha value is -4.88. The van der Waals surface area contributed by atoms with E-state index >= 15 is 0 Å². The van der Waals surface area contributed by atoms with Crippen molar-refractivity contribution in [2.45, 2.75) is 31.5 Å². The van der Waals surface area contributed by atoms with E-state index in [1.807, 2.05) is 0 Å². The monoisotopic (exact) mass is 563 g/mol. The second-order valence-corrected chi connectivity index (χ2v) is 9.51. The van der Waals surface area contributed by atoms with Gasteiger partial charge in [0, 0.05) is 31.3 Å². The fourth-order valence-electron chi connectivity index (χ4n) is 4.47. The van der Waals surface area contributed by atoms with Crippen LogP contribution in [0.1, 0.15) is 35.7 Å². The number of ether oxygens (including phenoxy) is 2. The van der Waals surface area contributed by atoms with Gasteiger partial charge in [0.05, 0.1) is 26.1 Å². The Kier molecular flexibility index (Phi) is 6.59. The van der Waals surface area contributed by atoms with Crippen LogP contribution in [0.15, 0.2) is 43.0 Å². The first kappa shape index (κ1) is 26.3. The van der Waals surface area contributed by atoms with Gasteiger partial charge in [0.1, 0.15) is 17.7 Å². The molecule has 41 heavy (non-hydrogen) atoms. The highest BCUT2D eigenvalue weighted by molar-refractivity contribution is 5.85. The van der Waals surface area contributed by atoms with Crippen molar-refractivity contribution in [3.05, 3.63) is 59.9 Å². The molecule has 1 N–H and O–H groups in total. The van der Waals surface area contributed by atoms with Crippen LogP contribution in [-0.4, -0.2) is 53.7 Å². The number of methoxy groups -OCH3 is 2. The van der Waals surface area contributed by atoms with Crippen LogP contribution in [0.2, 0.25) is 0 Å². The molecule has 11 nitrogen and oxygen atoms in total. The van der Waals surface area contributed by atoms with Gasteiger partial charge in [-0.25, -0.2) is 34.9 Å². The lowest BCUT2D eigenvalue weighted by Gasteiger charge is -2.14. The second kappa shape index (κ2) is 10.3. The van der Waals surface area contributed by atoms with E-state index < -0.39 is 11.9 Å². The van der Waals surface area contributed by atoms with Gasteiger partial charge in [0.25, 0.3) is 0 Å². The molecule has 0 unspecified atom stereocenters. The molecule has 0 amide bonds. The molecule has 6 rings (SSSR count). The summed E-state index contributed by atoms with van der Waals surface area (Å²) in [6.45, 7) is 0.330. The molecule has 4 aromatic heterocycles. The lowest BCUT2D eigenvalue weighted by molar-refractivity contribution is -0.140. The Labute approximate surface area is 231 Å². The van der Waals surface area contributed by atoms with Crippen LogP contribution in [0.25, 0.3) is 33.9 Å². The van der Waals surface area contributed by atoms with Crippen LogP contribution in [0.4, 0.5) is 19.0 Å². The summed E-state index contributed by atoms with van der Waals surface area (Å²) in [6, 6.07) is 7.06. The first-order chi connectivity index (χ1) is 19.7. The molecule has 1 saturated carbocycles. The van der Waals surface area contributed by atoms with E-state index in [-0.39, 0.29) is 11.7 Å². The molecule has 0 bridgehead atoms. The smallest absolute Gasteiger partial charge is 0.434 e. The summed E-state index contributed by atoms with van der Waals surface area (Å²) in [6.07, 6.45) is 1.42. The molecule has 5 aromatic rings. The fourth-order valence-corrected chi connectivity index (χ4v) is 4.47. The Balaban J connectivity index is 1.34. The maximum absolute atomic E-state index is 13.1. The van der Waals surface area contributed by atoms with Crippen molar-refractivity contribution in [1.29, 1.82) is 0 Å². The van der Waals surface area contributed by atoms with Gasteiger partial charge in [-0.1, -0.05) is 24.3 Å². The lowest BCUT2D eigenvalue weighted by Crippen LogP contribution is -2.08. The van der Waals surface area contributed by atoms with Gasteiger partial charge in [-0.2, -0.15) is 13.2 Å². The van der Waals surface area contributed by atoms with E-state index in [1.165, 1.54) is 38.4 Å². The molecule has 0 saturated heterocycles. The zero-order valence-electron chi connectivity index (χ0n) is 22.3. The number of hydrogen-bond acceptors (Lipinski definition) is 10. The van der Waals surface area contributed by atoms with Crippen LogP contribution >= 0.6 is 0 Å². The number of hydrogen-bond donors (Lipinski definition) is 1. The van der Waals surface area contributed by atoms with Gasteiger partial charge >= 0.3 is 6.18 Å². The summed E-state index contributed by atoms with van der Waals surface area (Å²) in [5.74, 6) is 1.93. The minimum Gasteiger partial charge on any atom is -0.480 e. The second-order valence-electron chi connectivity index (χ2n) is 9.51. The molecule has 4 heterocycles. The van der Waals surface area contributed by atoms with Crippen molar-refractivity contribution in [3.8, 4) is 34.5 Å². The minimum atomic E-state index is -4.51. The Morgan fingerprint density at radius 1 is 0.976 bits per heavy atom. The van der Waals surface area contributed by atoms with Crippen molar-refractivity contribution in [3.63, 3.8) is 0 Å². The maximum Gasteiger partial charge on any atom is 0.434 e. The topological polar surface area (TPSA) is 126 Å². The first-order valence-electron chi connectivity index (χ1n) is 12.7. The molecule has 1 aliphatic carbocycles. The van der Waals surface area contributed by atoms with Crippen molar-refractivity contribution >= 4 is 17.0 Å². The SMILES string of the molecule is COc1cnc2nc(-c3c(OC)ncnc3C3CC3)nc(NCc3ccc(-c4nc(C(F)(F)F)cn4C)cc3)c2n1. The highest BCUT2D eigenvalue weighted by Gasteiger charge is 2.35. The summed E-state index contributed by atoms with van der Waals surface area (Å²) in [7, 11) is 4.56. The number of anilines is 1. The number of rotatable bonds is 8. The van der Waals surface area contributed by atoms with Crippen LogP contribution in [0.3, 0.4) is 0 Å². The summed E-state index contributed by atoms with van der Waals surface area (Å²) in [5, 5.41) is 3.30. The zero-order chi connectivity index (χ0) is 28.7. The number of aryl methyl sites for hydroxylation is 1.